The number of ether oxygens (including phenoxy) is 2. The van der Waals surface area contributed by atoms with E-state index in [4.69, 9.17) is 21.1 Å². The molecule has 0 saturated carbocycles. The lowest BCUT2D eigenvalue weighted by molar-refractivity contribution is 0.0597. The van der Waals surface area contributed by atoms with Gasteiger partial charge in [0.25, 0.3) is 0 Å². The number of esters is 1. The maximum absolute atomic E-state index is 11.8. The average molecular weight is 312 g/mol. The van der Waals surface area contributed by atoms with Crippen molar-refractivity contribution >= 4 is 41.9 Å². The van der Waals surface area contributed by atoms with Gasteiger partial charge in [0.1, 0.15) is 11.3 Å². The lowest BCUT2D eigenvalue weighted by atomic mass is 10.1. The van der Waals surface area contributed by atoms with Crippen molar-refractivity contribution in [2.75, 3.05) is 14.2 Å². The Morgan fingerprint density at radius 2 is 1.90 bits per heavy atom. The third kappa shape index (κ3) is 2.43. The Kier molecular flexibility index (Phi) is 3.84. The molecule has 1 heterocycles. The number of methoxy groups -OCH3 is 2. The van der Waals surface area contributed by atoms with Crippen molar-refractivity contribution in [2.45, 2.75) is 19.6 Å². The van der Waals surface area contributed by atoms with Gasteiger partial charge in [-0.2, -0.15) is 0 Å². The largest absolute Gasteiger partial charge is 0.495 e. The van der Waals surface area contributed by atoms with Crippen LogP contribution < -0.4 is 10.1 Å². The van der Waals surface area contributed by atoms with Crippen LogP contribution in [-0.4, -0.2) is 33.2 Å². The van der Waals surface area contributed by atoms with Gasteiger partial charge in [0.2, 0.25) is 0 Å². The Hall–Kier alpha value is -1.46. The highest BCUT2D eigenvalue weighted by atomic mass is 35.5. The van der Waals surface area contributed by atoms with Gasteiger partial charge in [-0.25, -0.2) is 4.79 Å². The van der Waals surface area contributed by atoms with Crippen LogP contribution in [0.25, 0.3) is 10.9 Å². The molecule has 4 nitrogen and oxygen atoms in total. The highest BCUT2D eigenvalue weighted by molar-refractivity contribution is 6.88. The molecule has 0 amide bonds. The van der Waals surface area contributed by atoms with Crippen molar-refractivity contribution in [1.82, 2.24) is 4.98 Å². The molecule has 1 aromatic heterocycles. The number of aromatic amines is 1. The molecule has 2 rings (SSSR count). The van der Waals surface area contributed by atoms with Crippen molar-refractivity contribution in [3.63, 3.8) is 0 Å². The number of carbonyl (C=O) groups is 1. The molecule has 2 aromatic rings. The Labute approximate surface area is 124 Å². The molecule has 0 fully saturated rings. The highest BCUT2D eigenvalue weighted by Crippen LogP contribution is 2.34. The van der Waals surface area contributed by atoms with Crippen LogP contribution in [0.5, 0.6) is 5.75 Å². The average Bonchev–Trinajstić information content (AvgIpc) is 2.83. The standard InChI is InChI=1S/C14H18ClNO3Si/c1-18-13-8-7-11(20(3,4)5)16-12(8)10(15)6-9(13)14(17)19-2/h6-7,16H,1-5H3. The van der Waals surface area contributed by atoms with Gasteiger partial charge >= 0.3 is 5.97 Å². The summed E-state index contributed by atoms with van der Waals surface area (Å²) in [5.41, 5.74) is 1.14. The predicted molar refractivity (Wildman–Crippen MR) is 84.2 cm³/mol. The molecule has 0 aliphatic rings. The molecule has 1 N–H and O–H groups in total. The first-order valence-electron chi connectivity index (χ1n) is 6.27. The summed E-state index contributed by atoms with van der Waals surface area (Å²) in [7, 11) is 1.36. The second-order valence-corrected chi connectivity index (χ2v) is 11.1. The maximum Gasteiger partial charge on any atom is 0.341 e. The SMILES string of the molecule is COC(=O)c1cc(Cl)c2[nH]c([Si](C)(C)C)cc2c1OC. The molecule has 0 atom stereocenters. The van der Waals surface area contributed by atoms with E-state index >= 15 is 0 Å². The van der Waals surface area contributed by atoms with Crippen LogP contribution in [-0.2, 0) is 4.74 Å². The Balaban J connectivity index is 2.79. The summed E-state index contributed by atoms with van der Waals surface area (Å²) in [6.07, 6.45) is 0. The highest BCUT2D eigenvalue weighted by Gasteiger charge is 2.24. The van der Waals surface area contributed by atoms with E-state index < -0.39 is 14.0 Å². The number of rotatable bonds is 3. The van der Waals surface area contributed by atoms with Gasteiger partial charge in [0.05, 0.1) is 32.8 Å². The van der Waals surface area contributed by atoms with E-state index in [-0.39, 0.29) is 0 Å². The van der Waals surface area contributed by atoms with E-state index in [1.165, 1.54) is 14.2 Å². The Morgan fingerprint density at radius 3 is 2.40 bits per heavy atom. The van der Waals surface area contributed by atoms with Crippen molar-refractivity contribution < 1.29 is 14.3 Å². The summed E-state index contributed by atoms with van der Waals surface area (Å²) in [5.74, 6) is 0.0402. The summed E-state index contributed by atoms with van der Waals surface area (Å²) < 4.78 is 10.2. The monoisotopic (exact) mass is 311 g/mol. The van der Waals surface area contributed by atoms with Crippen LogP contribution in [0.4, 0.5) is 0 Å². The molecular formula is C14H18ClNO3Si. The lowest BCUT2D eigenvalue weighted by Crippen LogP contribution is -2.38. The molecule has 108 valence electrons. The molecule has 1 aromatic carbocycles. The third-order valence-electron chi connectivity index (χ3n) is 3.23. The minimum atomic E-state index is -1.51. The number of aromatic nitrogens is 1. The lowest BCUT2D eigenvalue weighted by Gasteiger charge is -2.12. The first kappa shape index (κ1) is 14.9. The first-order chi connectivity index (χ1) is 9.29. The van der Waals surface area contributed by atoms with Gasteiger partial charge in [-0.05, 0) is 17.4 Å². The summed E-state index contributed by atoms with van der Waals surface area (Å²) in [6, 6.07) is 3.61. The molecule has 0 spiro atoms. The van der Waals surface area contributed by atoms with Crippen LogP contribution >= 0.6 is 11.6 Å². The van der Waals surface area contributed by atoms with Crippen molar-refractivity contribution in [1.29, 1.82) is 0 Å². The summed E-state index contributed by atoms with van der Waals surface area (Å²) in [4.78, 5) is 15.2. The number of halogens is 1. The topological polar surface area (TPSA) is 51.3 Å². The van der Waals surface area contributed by atoms with Crippen LogP contribution in [0.3, 0.4) is 0 Å². The minimum absolute atomic E-state index is 0.341. The summed E-state index contributed by atoms with van der Waals surface area (Å²) in [5, 5.41) is 2.47. The van der Waals surface area contributed by atoms with Crippen LogP contribution in [0.2, 0.25) is 24.7 Å². The molecule has 0 bridgehead atoms. The summed E-state index contributed by atoms with van der Waals surface area (Å²) >= 11 is 6.28. The second kappa shape index (κ2) is 5.14. The molecule has 0 unspecified atom stereocenters. The number of fused-ring (bicyclic) bond motifs is 1. The molecule has 0 aliphatic carbocycles. The van der Waals surface area contributed by atoms with E-state index in [2.05, 4.69) is 24.6 Å². The Bertz CT molecular complexity index is 673. The second-order valence-electron chi connectivity index (χ2n) is 5.65. The molecule has 6 heteroatoms. The zero-order valence-electron chi connectivity index (χ0n) is 12.3. The quantitative estimate of drug-likeness (QED) is 0.700. The molecule has 0 aliphatic heterocycles. The van der Waals surface area contributed by atoms with E-state index in [1.54, 1.807) is 6.07 Å². The molecule has 0 radical (unpaired) electrons. The molecule has 0 saturated heterocycles. The van der Waals surface area contributed by atoms with Crippen LogP contribution in [0.1, 0.15) is 10.4 Å². The van der Waals surface area contributed by atoms with Gasteiger partial charge in [0, 0.05) is 5.39 Å². The van der Waals surface area contributed by atoms with Gasteiger partial charge in [0.15, 0.2) is 0 Å². The van der Waals surface area contributed by atoms with Gasteiger partial charge in [-0.15, -0.1) is 0 Å². The van der Waals surface area contributed by atoms with Crippen molar-refractivity contribution in [3.8, 4) is 5.75 Å². The predicted octanol–water partition coefficient (Wildman–Crippen LogP) is 3.16. The van der Waals surface area contributed by atoms with Gasteiger partial charge in [-0.3, -0.25) is 0 Å². The first-order valence-corrected chi connectivity index (χ1v) is 10.2. The molecular weight excluding hydrogens is 294 g/mol. The number of H-pyrrole nitrogens is 1. The fraction of sp³-hybridized carbons (Fsp3) is 0.357. The Morgan fingerprint density at radius 1 is 1.25 bits per heavy atom. The van der Waals surface area contributed by atoms with E-state index in [0.717, 1.165) is 16.2 Å². The van der Waals surface area contributed by atoms with Gasteiger partial charge < -0.3 is 14.5 Å². The van der Waals surface area contributed by atoms with Crippen molar-refractivity contribution in [3.05, 3.63) is 22.7 Å². The molecule has 20 heavy (non-hydrogen) atoms. The van der Waals surface area contributed by atoms with Crippen molar-refractivity contribution in [2.24, 2.45) is 0 Å². The number of hydrogen-bond donors (Lipinski definition) is 1. The van der Waals surface area contributed by atoms with Crippen LogP contribution in [0.15, 0.2) is 12.1 Å². The fourth-order valence-corrected chi connectivity index (χ4v) is 3.45. The smallest absolute Gasteiger partial charge is 0.341 e. The number of hydrogen-bond acceptors (Lipinski definition) is 3. The number of benzene rings is 1. The normalized spacial score (nSPS) is 11.7. The third-order valence-corrected chi connectivity index (χ3v) is 5.42. The van der Waals surface area contributed by atoms with E-state index in [9.17, 15) is 4.79 Å². The van der Waals surface area contributed by atoms with E-state index in [1.807, 2.05) is 6.07 Å². The van der Waals surface area contributed by atoms with Crippen LogP contribution in [0, 0.1) is 0 Å². The zero-order chi connectivity index (χ0) is 15.1. The number of nitrogens with one attached hydrogen (secondary N) is 1. The maximum atomic E-state index is 11.8. The minimum Gasteiger partial charge on any atom is -0.495 e. The number of carbonyl (C=O) groups excluding carboxylic acids is 1. The fourth-order valence-electron chi connectivity index (χ4n) is 2.12. The van der Waals surface area contributed by atoms with Gasteiger partial charge in [-0.1, -0.05) is 31.2 Å². The zero-order valence-corrected chi connectivity index (χ0v) is 14.0. The summed E-state index contributed by atoms with van der Waals surface area (Å²) in [6.45, 7) is 6.71. The van der Waals surface area contributed by atoms with E-state index in [0.29, 0.717) is 16.3 Å².